The number of rotatable bonds is 7. The van der Waals surface area contributed by atoms with E-state index in [0.717, 1.165) is 5.56 Å². The Balaban J connectivity index is 2.20. The van der Waals surface area contributed by atoms with Gasteiger partial charge in [-0.3, -0.25) is 4.79 Å². The van der Waals surface area contributed by atoms with Gasteiger partial charge in [-0.25, -0.2) is 17.5 Å². The smallest absolute Gasteiger partial charge is 0.251 e. The molecule has 0 aliphatic heterocycles. The van der Waals surface area contributed by atoms with Crippen LogP contribution in [0.1, 0.15) is 22.0 Å². The highest BCUT2D eigenvalue weighted by molar-refractivity contribution is 7.89. The first-order valence-corrected chi connectivity index (χ1v) is 9.95. The lowest BCUT2D eigenvalue weighted by atomic mass is 10.1. The van der Waals surface area contributed by atoms with Crippen LogP contribution in [0, 0.1) is 5.82 Å². The standard InChI is InChI=1S/C18H21ClFN3O3S/c1-21-27(25,26)17-10-13(7-8-15(17)19)18(24)22-11-16(23(2)3)12-5-4-6-14(20)9-12/h4-10,16,21H,11H2,1-3H3,(H,22,24). The van der Waals surface area contributed by atoms with Crippen molar-refractivity contribution in [2.24, 2.45) is 0 Å². The van der Waals surface area contributed by atoms with Crippen molar-refractivity contribution in [2.75, 3.05) is 27.7 Å². The third-order valence-electron chi connectivity index (χ3n) is 4.06. The second-order valence-electron chi connectivity index (χ2n) is 6.10. The predicted molar refractivity (Wildman–Crippen MR) is 103 cm³/mol. The molecule has 6 nitrogen and oxygen atoms in total. The molecule has 0 fully saturated rings. The van der Waals surface area contributed by atoms with Crippen LogP contribution in [0.3, 0.4) is 0 Å². The van der Waals surface area contributed by atoms with Crippen molar-refractivity contribution in [1.29, 1.82) is 0 Å². The van der Waals surface area contributed by atoms with Crippen molar-refractivity contribution in [2.45, 2.75) is 10.9 Å². The van der Waals surface area contributed by atoms with E-state index in [1.54, 1.807) is 12.1 Å². The number of hydrogen-bond acceptors (Lipinski definition) is 4. The van der Waals surface area contributed by atoms with Gasteiger partial charge in [0.25, 0.3) is 5.91 Å². The molecule has 0 bridgehead atoms. The zero-order valence-corrected chi connectivity index (χ0v) is 16.7. The fourth-order valence-corrected chi connectivity index (χ4v) is 3.81. The fourth-order valence-electron chi connectivity index (χ4n) is 2.56. The molecule has 0 heterocycles. The minimum absolute atomic E-state index is 0.0202. The van der Waals surface area contributed by atoms with Gasteiger partial charge in [-0.15, -0.1) is 0 Å². The van der Waals surface area contributed by atoms with Gasteiger partial charge in [0.15, 0.2) is 0 Å². The first kappa shape index (κ1) is 21.3. The molecule has 146 valence electrons. The molecule has 2 N–H and O–H groups in total. The summed E-state index contributed by atoms with van der Waals surface area (Å²) in [7, 11) is 1.12. The molecule has 0 radical (unpaired) electrons. The summed E-state index contributed by atoms with van der Waals surface area (Å²) in [5, 5.41) is 2.77. The lowest BCUT2D eigenvalue weighted by molar-refractivity contribution is 0.0941. The normalized spacial score (nSPS) is 12.8. The summed E-state index contributed by atoms with van der Waals surface area (Å²) in [4.78, 5) is 14.2. The molecule has 1 atom stereocenters. The van der Waals surface area contributed by atoms with Crippen LogP contribution in [0.2, 0.25) is 5.02 Å². The molecule has 1 unspecified atom stereocenters. The van der Waals surface area contributed by atoms with Crippen molar-refractivity contribution < 1.29 is 17.6 Å². The average molecular weight is 414 g/mol. The van der Waals surface area contributed by atoms with E-state index >= 15 is 0 Å². The molecule has 27 heavy (non-hydrogen) atoms. The highest BCUT2D eigenvalue weighted by Gasteiger charge is 2.20. The summed E-state index contributed by atoms with van der Waals surface area (Å²) in [6.07, 6.45) is 0. The van der Waals surface area contributed by atoms with Crippen LogP contribution in [-0.4, -0.2) is 46.9 Å². The number of nitrogens with zero attached hydrogens (tertiary/aromatic N) is 1. The highest BCUT2D eigenvalue weighted by atomic mass is 35.5. The number of halogens is 2. The number of hydrogen-bond donors (Lipinski definition) is 2. The van der Waals surface area contributed by atoms with Gasteiger partial charge >= 0.3 is 0 Å². The van der Waals surface area contributed by atoms with Crippen LogP contribution in [0.5, 0.6) is 0 Å². The van der Waals surface area contributed by atoms with Gasteiger partial charge < -0.3 is 10.2 Å². The van der Waals surface area contributed by atoms with E-state index in [0.29, 0.717) is 0 Å². The topological polar surface area (TPSA) is 78.5 Å². The lowest BCUT2D eigenvalue weighted by Crippen LogP contribution is -2.34. The molecule has 9 heteroatoms. The molecule has 2 aromatic rings. The molecule has 2 aromatic carbocycles. The van der Waals surface area contributed by atoms with Gasteiger partial charge in [0.1, 0.15) is 10.7 Å². The van der Waals surface area contributed by atoms with Gasteiger partial charge in [0, 0.05) is 12.1 Å². The first-order chi connectivity index (χ1) is 12.7. The third kappa shape index (κ3) is 5.26. The van der Waals surface area contributed by atoms with Gasteiger partial charge in [0.2, 0.25) is 10.0 Å². The molecule has 0 saturated carbocycles. The molecule has 0 aliphatic rings. The highest BCUT2D eigenvalue weighted by Crippen LogP contribution is 2.23. The Labute approximate surface area is 163 Å². The minimum atomic E-state index is -3.79. The molecule has 0 aliphatic carbocycles. The van der Waals surface area contributed by atoms with Gasteiger partial charge in [-0.1, -0.05) is 23.7 Å². The Hall–Kier alpha value is -2.00. The summed E-state index contributed by atoms with van der Waals surface area (Å²) in [6, 6.07) is 9.92. The summed E-state index contributed by atoms with van der Waals surface area (Å²) < 4.78 is 39.7. The average Bonchev–Trinajstić information content (AvgIpc) is 2.61. The zero-order chi connectivity index (χ0) is 20.2. The Morgan fingerprint density at radius 1 is 1.22 bits per heavy atom. The number of sulfonamides is 1. The van der Waals surface area contributed by atoms with Crippen LogP contribution >= 0.6 is 11.6 Å². The van der Waals surface area contributed by atoms with E-state index in [9.17, 15) is 17.6 Å². The minimum Gasteiger partial charge on any atom is -0.350 e. The van der Waals surface area contributed by atoms with Crippen LogP contribution < -0.4 is 10.0 Å². The maximum Gasteiger partial charge on any atom is 0.251 e. The van der Waals surface area contributed by atoms with Gasteiger partial charge in [0.05, 0.1) is 11.1 Å². The molecule has 1 amide bonds. The number of carbonyl (C=O) groups is 1. The van der Waals surface area contributed by atoms with Crippen LogP contribution in [-0.2, 0) is 10.0 Å². The van der Waals surface area contributed by atoms with Gasteiger partial charge in [-0.2, -0.15) is 0 Å². The zero-order valence-electron chi connectivity index (χ0n) is 15.2. The third-order valence-corrected chi connectivity index (χ3v) is 5.96. The second-order valence-corrected chi connectivity index (χ2v) is 8.36. The SMILES string of the molecule is CNS(=O)(=O)c1cc(C(=O)NCC(c2cccc(F)c2)N(C)C)ccc1Cl. The van der Waals surface area contributed by atoms with E-state index in [1.165, 1.54) is 37.4 Å². The van der Waals surface area contributed by atoms with Crippen LogP contribution in [0.4, 0.5) is 4.39 Å². The second kappa shape index (κ2) is 8.79. The van der Waals surface area contributed by atoms with E-state index < -0.39 is 15.9 Å². The first-order valence-electron chi connectivity index (χ1n) is 8.09. The fraction of sp³-hybridized carbons (Fsp3) is 0.278. The monoisotopic (exact) mass is 413 g/mol. The predicted octanol–water partition coefficient (Wildman–Crippen LogP) is 2.42. The Morgan fingerprint density at radius 2 is 1.93 bits per heavy atom. The van der Waals surface area contributed by atoms with Crippen molar-refractivity contribution in [1.82, 2.24) is 14.9 Å². The molecule has 0 spiro atoms. The Morgan fingerprint density at radius 3 is 2.52 bits per heavy atom. The van der Waals surface area contributed by atoms with Gasteiger partial charge in [-0.05, 0) is 57.0 Å². The quantitative estimate of drug-likeness (QED) is 0.730. The van der Waals surface area contributed by atoms with Crippen LogP contribution in [0.15, 0.2) is 47.4 Å². The molecule has 2 rings (SSSR count). The summed E-state index contributed by atoms with van der Waals surface area (Å²) in [5.74, 6) is -0.812. The molecule has 0 aromatic heterocycles. The Bertz CT molecular complexity index is 935. The lowest BCUT2D eigenvalue weighted by Gasteiger charge is -2.25. The Kier molecular flexibility index (Phi) is 6.94. The number of amides is 1. The largest absolute Gasteiger partial charge is 0.350 e. The number of nitrogens with one attached hydrogen (secondary N) is 2. The van der Waals surface area contributed by atoms with E-state index in [-0.39, 0.29) is 33.9 Å². The summed E-state index contributed by atoms with van der Waals surface area (Å²) in [6.45, 7) is 0.214. The van der Waals surface area contributed by atoms with Crippen LogP contribution in [0.25, 0.3) is 0 Å². The van der Waals surface area contributed by atoms with E-state index in [2.05, 4.69) is 10.0 Å². The molecular formula is C18H21ClFN3O3S. The van der Waals surface area contributed by atoms with Crippen molar-refractivity contribution in [3.8, 4) is 0 Å². The summed E-state index contributed by atoms with van der Waals surface area (Å²) >= 11 is 5.94. The molecule has 0 saturated heterocycles. The maximum absolute atomic E-state index is 13.5. The molecular weight excluding hydrogens is 393 g/mol. The number of benzene rings is 2. The van der Waals surface area contributed by atoms with E-state index in [1.807, 2.05) is 19.0 Å². The van der Waals surface area contributed by atoms with Crippen molar-refractivity contribution in [3.05, 3.63) is 64.4 Å². The number of carbonyl (C=O) groups excluding carboxylic acids is 1. The maximum atomic E-state index is 13.5. The number of likely N-dealkylation sites (N-methyl/N-ethyl adjacent to an activating group) is 1. The van der Waals surface area contributed by atoms with E-state index in [4.69, 9.17) is 11.6 Å². The van der Waals surface area contributed by atoms with Crippen molar-refractivity contribution >= 4 is 27.5 Å². The van der Waals surface area contributed by atoms with Crippen molar-refractivity contribution in [3.63, 3.8) is 0 Å². The summed E-state index contributed by atoms with van der Waals surface area (Å²) in [5.41, 5.74) is 0.875.